The molecule has 0 aliphatic carbocycles. The van der Waals surface area contributed by atoms with E-state index < -0.39 is 11.9 Å². The van der Waals surface area contributed by atoms with Crippen LogP contribution in [0.1, 0.15) is 10.5 Å². The maximum atomic E-state index is 11.1. The maximum Gasteiger partial charge on any atom is 0.383 e. The smallest absolute Gasteiger partial charge is 0.383 e. The topological polar surface area (TPSA) is 184 Å². The van der Waals surface area contributed by atoms with Crippen molar-refractivity contribution in [2.24, 2.45) is 5.11 Å². The Bertz CT molecular complexity index is 1030. The molecule has 0 saturated heterocycles. The quantitative estimate of drug-likeness (QED) is 0.151. The largest absolute Gasteiger partial charge is 0.464 e. The molecular weight excluding hydrogens is 396 g/mol. The van der Waals surface area contributed by atoms with E-state index in [1.807, 2.05) is 0 Å². The highest BCUT2D eigenvalue weighted by atomic mass is 16.5. The van der Waals surface area contributed by atoms with Gasteiger partial charge < -0.3 is 9.47 Å². The van der Waals surface area contributed by atoms with Crippen molar-refractivity contribution in [1.29, 1.82) is 0 Å². The van der Waals surface area contributed by atoms with Crippen LogP contribution in [0.5, 0.6) is 0 Å². The van der Waals surface area contributed by atoms with Gasteiger partial charge in [0.05, 0.1) is 20.4 Å². The second kappa shape index (κ2) is 13.3. The molecule has 3 heterocycles. The number of azide groups is 1. The SMILES string of the molecule is C#CC(=O)OC.COC(=O)c1cn(-c2ccncn2)nn1.[N-]=[N+]=Nc1ccncn1. The fourth-order valence-electron chi connectivity index (χ4n) is 1.44. The molecule has 0 spiro atoms. The molecule has 3 rings (SSSR count). The molecule has 0 aliphatic rings. The number of rotatable bonds is 3. The molecule has 0 aromatic carbocycles. The molecule has 3 aromatic rings. The third-order valence-corrected chi connectivity index (χ3v) is 2.71. The highest BCUT2D eigenvalue weighted by Gasteiger charge is 2.11. The predicted octanol–water partition coefficient (Wildman–Crippen LogP) is 1.05. The van der Waals surface area contributed by atoms with Crippen LogP contribution in [0.25, 0.3) is 16.3 Å². The lowest BCUT2D eigenvalue weighted by atomic mass is 10.5. The molecule has 0 unspecified atom stereocenters. The Kier molecular flexibility index (Phi) is 10.3. The van der Waals surface area contributed by atoms with Crippen LogP contribution in [0, 0.1) is 12.3 Å². The molecule has 0 atom stereocenters. The van der Waals surface area contributed by atoms with E-state index in [1.54, 1.807) is 18.2 Å². The fraction of sp³-hybridized carbons (Fsp3) is 0.125. The third kappa shape index (κ3) is 8.20. The van der Waals surface area contributed by atoms with Crippen molar-refractivity contribution in [2.75, 3.05) is 14.2 Å². The van der Waals surface area contributed by atoms with Crippen molar-refractivity contribution in [3.8, 4) is 18.2 Å². The molecule has 0 amide bonds. The van der Waals surface area contributed by atoms with Gasteiger partial charge >= 0.3 is 11.9 Å². The molecule has 0 N–H and O–H groups in total. The van der Waals surface area contributed by atoms with Crippen molar-refractivity contribution in [3.63, 3.8) is 0 Å². The van der Waals surface area contributed by atoms with Gasteiger partial charge in [0.2, 0.25) is 0 Å². The van der Waals surface area contributed by atoms with Gasteiger partial charge in [0.15, 0.2) is 11.5 Å². The van der Waals surface area contributed by atoms with E-state index >= 15 is 0 Å². The van der Waals surface area contributed by atoms with Crippen LogP contribution in [0.3, 0.4) is 0 Å². The number of esters is 2. The van der Waals surface area contributed by atoms with Crippen LogP contribution < -0.4 is 0 Å². The zero-order valence-corrected chi connectivity index (χ0v) is 15.7. The Morgan fingerprint density at radius 1 is 1.17 bits per heavy atom. The molecule has 30 heavy (non-hydrogen) atoms. The minimum atomic E-state index is -0.630. The van der Waals surface area contributed by atoms with Crippen molar-refractivity contribution in [1.82, 2.24) is 34.9 Å². The molecule has 3 aromatic heterocycles. The van der Waals surface area contributed by atoms with Gasteiger partial charge in [-0.05, 0) is 16.7 Å². The predicted molar refractivity (Wildman–Crippen MR) is 100.0 cm³/mol. The summed E-state index contributed by atoms with van der Waals surface area (Å²) in [4.78, 5) is 38.3. The van der Waals surface area contributed by atoms with E-state index in [1.165, 1.54) is 50.0 Å². The first-order valence-electron chi connectivity index (χ1n) is 7.68. The molecule has 0 aliphatic heterocycles. The number of aromatic nitrogens is 7. The van der Waals surface area contributed by atoms with Gasteiger partial charge in [0, 0.05) is 29.3 Å². The Morgan fingerprint density at radius 2 is 1.87 bits per heavy atom. The average Bonchev–Trinajstić information content (AvgIpc) is 3.31. The number of carbonyl (C=O) groups excluding carboxylic acids is 2. The van der Waals surface area contributed by atoms with E-state index in [-0.39, 0.29) is 5.69 Å². The summed E-state index contributed by atoms with van der Waals surface area (Å²) in [6, 6.07) is 3.18. The molecule has 0 saturated carbocycles. The van der Waals surface area contributed by atoms with Crippen LogP contribution in [0.4, 0.5) is 5.82 Å². The van der Waals surface area contributed by atoms with E-state index in [0.717, 1.165) is 0 Å². The summed E-state index contributed by atoms with van der Waals surface area (Å²) in [7, 11) is 2.52. The third-order valence-electron chi connectivity index (χ3n) is 2.71. The number of carbonyl (C=O) groups is 2. The van der Waals surface area contributed by atoms with Gasteiger partial charge in [0.25, 0.3) is 0 Å². The molecular formula is C16H14N10O4. The van der Waals surface area contributed by atoms with Crippen LogP contribution in [-0.4, -0.2) is 61.1 Å². The average molecular weight is 410 g/mol. The zero-order chi connectivity index (χ0) is 22.2. The fourth-order valence-corrected chi connectivity index (χ4v) is 1.44. The summed E-state index contributed by atoms with van der Waals surface area (Å²) in [6.45, 7) is 0. The van der Waals surface area contributed by atoms with Gasteiger partial charge in [-0.15, -0.1) is 11.5 Å². The van der Waals surface area contributed by atoms with Crippen molar-refractivity contribution in [2.45, 2.75) is 0 Å². The normalized spacial score (nSPS) is 8.57. The first-order chi connectivity index (χ1) is 14.5. The molecule has 0 radical (unpaired) electrons. The van der Waals surface area contributed by atoms with E-state index in [2.05, 4.69) is 56.2 Å². The van der Waals surface area contributed by atoms with Gasteiger partial charge in [0.1, 0.15) is 18.5 Å². The van der Waals surface area contributed by atoms with Crippen LogP contribution in [0.15, 0.2) is 48.5 Å². The molecule has 152 valence electrons. The number of nitrogens with zero attached hydrogens (tertiary/aromatic N) is 10. The van der Waals surface area contributed by atoms with Gasteiger partial charge in [-0.1, -0.05) is 5.21 Å². The van der Waals surface area contributed by atoms with Gasteiger partial charge in [-0.3, -0.25) is 0 Å². The number of hydrogen-bond acceptors (Lipinski definition) is 11. The van der Waals surface area contributed by atoms with Crippen LogP contribution in [0.2, 0.25) is 0 Å². The van der Waals surface area contributed by atoms with Gasteiger partial charge in [-0.2, -0.15) is 0 Å². The summed E-state index contributed by atoms with van der Waals surface area (Å²) in [5.74, 6) is 1.47. The van der Waals surface area contributed by atoms with Gasteiger partial charge in [-0.25, -0.2) is 34.2 Å². The summed E-state index contributed by atoms with van der Waals surface area (Å²) < 4.78 is 9.89. The summed E-state index contributed by atoms with van der Waals surface area (Å²) in [5, 5.41) is 10.6. The molecule has 0 fully saturated rings. The molecule has 14 heteroatoms. The summed E-state index contributed by atoms with van der Waals surface area (Å²) >= 11 is 0. The monoisotopic (exact) mass is 410 g/mol. The number of terminal acetylenes is 1. The lowest BCUT2D eigenvalue weighted by Gasteiger charge is -1.95. The minimum absolute atomic E-state index is 0.135. The Labute approximate surface area is 169 Å². The second-order valence-electron chi connectivity index (χ2n) is 4.50. The highest BCUT2D eigenvalue weighted by Crippen LogP contribution is 2.02. The summed E-state index contributed by atoms with van der Waals surface area (Å²) in [6.07, 6.45) is 11.8. The number of methoxy groups -OCH3 is 2. The van der Waals surface area contributed by atoms with Crippen LogP contribution in [-0.2, 0) is 14.3 Å². The lowest BCUT2D eigenvalue weighted by Crippen LogP contribution is -2.01. The first-order valence-corrected chi connectivity index (χ1v) is 7.68. The maximum absolute atomic E-state index is 11.1. The van der Waals surface area contributed by atoms with E-state index in [4.69, 9.17) is 5.53 Å². The van der Waals surface area contributed by atoms with E-state index in [0.29, 0.717) is 11.6 Å². The minimum Gasteiger partial charge on any atom is -0.464 e. The Hall–Kier alpha value is -4.89. The Balaban J connectivity index is 0.000000256. The Morgan fingerprint density at radius 3 is 2.33 bits per heavy atom. The van der Waals surface area contributed by atoms with E-state index in [9.17, 15) is 9.59 Å². The lowest BCUT2D eigenvalue weighted by molar-refractivity contribution is -0.133. The highest BCUT2D eigenvalue weighted by molar-refractivity contribution is 5.87. The van der Waals surface area contributed by atoms with Crippen LogP contribution >= 0.6 is 0 Å². The zero-order valence-electron chi connectivity index (χ0n) is 15.7. The number of ether oxygens (including phenoxy) is 2. The summed E-state index contributed by atoms with van der Waals surface area (Å²) in [5.41, 5.74) is 8.05. The molecule has 14 nitrogen and oxygen atoms in total. The second-order valence-corrected chi connectivity index (χ2v) is 4.50. The standard InChI is InChI=1S/C8H7N5O2.C4H3N5.C4H4O2/c1-15-8(14)6-4-13(12-11-6)7-2-3-9-5-10-7;5-9-8-4-1-2-6-3-7-4;1-3-4(5)6-2/h2-5H,1H3;1-3H;1H,2H3. The van der Waals surface area contributed by atoms with Crippen molar-refractivity contribution in [3.05, 3.63) is 59.5 Å². The van der Waals surface area contributed by atoms with Crippen molar-refractivity contribution < 1.29 is 19.1 Å². The first kappa shape index (κ1) is 23.1. The molecule has 0 bridgehead atoms. The van der Waals surface area contributed by atoms with Crippen molar-refractivity contribution >= 4 is 17.8 Å². The number of hydrogen-bond donors (Lipinski definition) is 0.